The number of rotatable bonds is 12. The lowest BCUT2D eigenvalue weighted by Crippen LogP contribution is -2.24. The van der Waals surface area contributed by atoms with Crippen molar-refractivity contribution in [3.8, 4) is 0 Å². The molecule has 1 unspecified atom stereocenters. The summed E-state index contributed by atoms with van der Waals surface area (Å²) in [4.78, 5) is 0. The number of alkyl halides is 1. The van der Waals surface area contributed by atoms with Crippen molar-refractivity contribution >= 4 is 30.1 Å². The molecule has 0 aliphatic carbocycles. The molecule has 0 N–H and O–H groups in total. The van der Waals surface area contributed by atoms with E-state index in [2.05, 4.69) is 13.5 Å². The van der Waals surface area contributed by atoms with Crippen molar-refractivity contribution in [3.05, 3.63) is 0 Å². The van der Waals surface area contributed by atoms with Gasteiger partial charge in [-0.3, -0.25) is 0 Å². The highest BCUT2D eigenvalue weighted by Gasteiger charge is 2.21. The van der Waals surface area contributed by atoms with Gasteiger partial charge in [0.2, 0.25) is 0 Å². The number of hydrogen-bond donors (Lipinski definition) is 0. The fourth-order valence-corrected chi connectivity index (χ4v) is 3.97. The van der Waals surface area contributed by atoms with E-state index in [1.807, 2.05) is 0 Å². The molecule has 0 aromatic carbocycles. The molecule has 0 fully saturated rings. The molecular weight excluding hydrogens is 267 g/mol. The van der Waals surface area contributed by atoms with Crippen LogP contribution in [0.3, 0.4) is 0 Å². The minimum absolute atomic E-state index is 0.700. The summed E-state index contributed by atoms with van der Waals surface area (Å²) in [6, 6.07) is 1.19. The van der Waals surface area contributed by atoms with Gasteiger partial charge in [0.15, 0.2) is 7.38 Å². The first-order valence-corrected chi connectivity index (χ1v) is 11.8. The SMILES string of the molecule is CCCCCCCCCCCC[Si](C)(Cl)CCl. The minimum Gasteiger partial charge on any atom is -0.166 e. The van der Waals surface area contributed by atoms with E-state index < -0.39 is 7.38 Å². The molecule has 0 aromatic rings. The molecule has 0 heterocycles. The van der Waals surface area contributed by atoms with Crippen LogP contribution in [0.4, 0.5) is 0 Å². The van der Waals surface area contributed by atoms with Gasteiger partial charge in [-0.05, 0) is 6.04 Å². The highest BCUT2D eigenvalue weighted by molar-refractivity contribution is 7.21. The highest BCUT2D eigenvalue weighted by Crippen LogP contribution is 2.21. The Morgan fingerprint density at radius 3 is 1.59 bits per heavy atom. The molecule has 0 amide bonds. The summed E-state index contributed by atoms with van der Waals surface area (Å²) in [6.45, 7) is 4.45. The molecule has 3 heteroatoms. The third-order valence-electron chi connectivity index (χ3n) is 3.33. The number of hydrogen-bond acceptors (Lipinski definition) is 0. The van der Waals surface area contributed by atoms with Crippen LogP contribution in [0, 0.1) is 0 Å². The lowest BCUT2D eigenvalue weighted by atomic mass is 10.1. The van der Waals surface area contributed by atoms with E-state index in [0.29, 0.717) is 5.50 Å². The molecule has 0 saturated carbocycles. The first kappa shape index (κ1) is 17.8. The smallest absolute Gasteiger partial charge is 0.166 e. The summed E-state index contributed by atoms with van der Waals surface area (Å²) in [7, 11) is -1.53. The van der Waals surface area contributed by atoms with Crippen LogP contribution in [0.25, 0.3) is 0 Å². The average molecular weight is 297 g/mol. The zero-order chi connectivity index (χ0) is 13.0. The predicted molar refractivity (Wildman–Crippen MR) is 84.8 cm³/mol. The van der Waals surface area contributed by atoms with Gasteiger partial charge in [0.05, 0.1) is 0 Å². The Labute approximate surface area is 119 Å². The molecule has 0 saturated heterocycles. The fraction of sp³-hybridized carbons (Fsp3) is 1.00. The van der Waals surface area contributed by atoms with Gasteiger partial charge in [0.25, 0.3) is 0 Å². The zero-order valence-corrected chi connectivity index (χ0v) is 14.3. The molecule has 0 bridgehead atoms. The lowest BCUT2D eigenvalue weighted by Gasteiger charge is -2.14. The van der Waals surface area contributed by atoms with Crippen molar-refractivity contribution in [2.24, 2.45) is 0 Å². The largest absolute Gasteiger partial charge is 0.167 e. The first-order valence-electron chi connectivity index (χ1n) is 7.37. The van der Waals surface area contributed by atoms with Crippen LogP contribution in [0.1, 0.15) is 71.1 Å². The fourth-order valence-electron chi connectivity index (χ4n) is 2.05. The highest BCUT2D eigenvalue weighted by atomic mass is 35.6. The van der Waals surface area contributed by atoms with E-state index in [4.69, 9.17) is 22.7 Å². The Bertz CT molecular complexity index is 160. The van der Waals surface area contributed by atoms with Gasteiger partial charge in [-0.25, -0.2) is 0 Å². The van der Waals surface area contributed by atoms with Crippen LogP contribution in [-0.2, 0) is 0 Å². The standard InChI is InChI=1S/C14H30Cl2Si/c1-3-4-5-6-7-8-9-10-11-12-13-17(2,16)14-15/h3-14H2,1-2H3. The molecule has 0 radical (unpaired) electrons. The van der Waals surface area contributed by atoms with Gasteiger partial charge in [-0.2, -0.15) is 11.1 Å². The Morgan fingerprint density at radius 1 is 0.765 bits per heavy atom. The molecule has 17 heavy (non-hydrogen) atoms. The lowest BCUT2D eigenvalue weighted by molar-refractivity contribution is 0.562. The summed E-state index contributed by atoms with van der Waals surface area (Å²) < 4.78 is 0. The third-order valence-corrected chi connectivity index (χ3v) is 8.43. The second kappa shape index (κ2) is 11.9. The zero-order valence-electron chi connectivity index (χ0n) is 11.7. The molecule has 0 aliphatic rings. The first-order chi connectivity index (χ1) is 8.12. The van der Waals surface area contributed by atoms with E-state index in [9.17, 15) is 0 Å². The van der Waals surface area contributed by atoms with Crippen LogP contribution >= 0.6 is 22.7 Å². The maximum absolute atomic E-state index is 6.34. The average Bonchev–Trinajstić information content (AvgIpc) is 2.31. The van der Waals surface area contributed by atoms with Crippen LogP contribution < -0.4 is 0 Å². The quantitative estimate of drug-likeness (QED) is 0.167. The molecule has 0 aromatic heterocycles. The Hall–Kier alpha value is 0.797. The van der Waals surface area contributed by atoms with Crippen molar-refractivity contribution in [1.82, 2.24) is 0 Å². The summed E-state index contributed by atoms with van der Waals surface area (Å²) >= 11 is 12.2. The van der Waals surface area contributed by atoms with Gasteiger partial charge in [-0.1, -0.05) is 77.7 Å². The molecule has 0 rings (SSSR count). The number of unbranched alkanes of at least 4 members (excludes halogenated alkanes) is 9. The molecule has 0 nitrogen and oxygen atoms in total. The van der Waals surface area contributed by atoms with Gasteiger partial charge >= 0.3 is 0 Å². The molecular formula is C14H30Cl2Si. The summed E-state index contributed by atoms with van der Waals surface area (Å²) in [6.07, 6.45) is 13.9. The molecule has 0 spiro atoms. The van der Waals surface area contributed by atoms with Crippen LogP contribution in [-0.4, -0.2) is 12.9 Å². The molecule has 0 aliphatic heterocycles. The predicted octanol–water partition coefficient (Wildman–Crippen LogP) is 6.50. The maximum atomic E-state index is 6.34. The summed E-state index contributed by atoms with van der Waals surface area (Å²) in [5.41, 5.74) is 0.700. The minimum atomic E-state index is -1.53. The van der Waals surface area contributed by atoms with Gasteiger partial charge in [-0.15, -0.1) is 11.6 Å². The second-order valence-corrected chi connectivity index (χ2v) is 12.6. The van der Waals surface area contributed by atoms with Crippen molar-refractivity contribution in [2.45, 2.75) is 83.7 Å². The maximum Gasteiger partial charge on any atom is 0.167 e. The van der Waals surface area contributed by atoms with Crippen LogP contribution in [0.15, 0.2) is 0 Å². The monoisotopic (exact) mass is 296 g/mol. The normalized spacial score (nSPS) is 14.8. The third kappa shape index (κ3) is 13.0. The summed E-state index contributed by atoms with van der Waals surface area (Å²) in [5.74, 6) is 0. The van der Waals surface area contributed by atoms with Gasteiger partial charge in [0, 0.05) is 5.50 Å². The van der Waals surface area contributed by atoms with Crippen LogP contribution in [0.5, 0.6) is 0 Å². The van der Waals surface area contributed by atoms with E-state index in [0.717, 1.165) is 0 Å². The van der Waals surface area contributed by atoms with Crippen molar-refractivity contribution in [2.75, 3.05) is 5.50 Å². The topological polar surface area (TPSA) is 0 Å². The second-order valence-electron chi connectivity index (χ2n) is 5.48. The van der Waals surface area contributed by atoms with Gasteiger partial charge in [0.1, 0.15) is 0 Å². The van der Waals surface area contributed by atoms with Crippen molar-refractivity contribution in [1.29, 1.82) is 0 Å². The van der Waals surface area contributed by atoms with E-state index in [-0.39, 0.29) is 0 Å². The van der Waals surface area contributed by atoms with Gasteiger partial charge < -0.3 is 0 Å². The van der Waals surface area contributed by atoms with Crippen molar-refractivity contribution in [3.63, 3.8) is 0 Å². The Kier molecular flexibility index (Phi) is 12.4. The summed E-state index contributed by atoms with van der Waals surface area (Å²) in [5, 5.41) is 0. The van der Waals surface area contributed by atoms with Crippen LogP contribution in [0.2, 0.25) is 12.6 Å². The Morgan fingerprint density at radius 2 is 1.18 bits per heavy atom. The Balaban J connectivity index is 3.09. The van der Waals surface area contributed by atoms with E-state index >= 15 is 0 Å². The van der Waals surface area contributed by atoms with Crippen molar-refractivity contribution < 1.29 is 0 Å². The van der Waals surface area contributed by atoms with E-state index in [1.165, 1.54) is 70.3 Å². The molecule has 1 atom stereocenters. The molecule has 104 valence electrons. The number of halogens is 2. The van der Waals surface area contributed by atoms with E-state index in [1.54, 1.807) is 0 Å².